The van der Waals surface area contributed by atoms with Gasteiger partial charge in [0.2, 0.25) is 12.7 Å². The summed E-state index contributed by atoms with van der Waals surface area (Å²) in [5.74, 6) is 3.26. The van der Waals surface area contributed by atoms with Crippen molar-refractivity contribution in [3.63, 3.8) is 0 Å². The summed E-state index contributed by atoms with van der Waals surface area (Å²) in [6, 6.07) is 9.26. The van der Waals surface area contributed by atoms with Crippen LogP contribution >= 0.6 is 0 Å². The second kappa shape index (κ2) is 6.76. The molecule has 0 radical (unpaired) electrons. The van der Waals surface area contributed by atoms with Gasteiger partial charge in [-0.05, 0) is 30.7 Å². The van der Waals surface area contributed by atoms with E-state index in [1.54, 1.807) is 12.4 Å². The first-order chi connectivity index (χ1) is 12.3. The maximum absolute atomic E-state index is 6.05. The molecule has 0 saturated carbocycles. The summed E-state index contributed by atoms with van der Waals surface area (Å²) in [6.45, 7) is 2.85. The van der Waals surface area contributed by atoms with E-state index in [0.717, 1.165) is 23.3 Å². The van der Waals surface area contributed by atoms with Crippen LogP contribution in [-0.4, -0.2) is 30.1 Å². The normalized spacial score (nSPS) is 17.2. The number of aliphatic imine (C=N–C) groups is 2. The predicted octanol–water partition coefficient (Wildman–Crippen LogP) is 3.38. The minimum absolute atomic E-state index is 0.236. The molecule has 0 N–H and O–H groups in total. The van der Waals surface area contributed by atoms with E-state index >= 15 is 0 Å². The number of benzene rings is 1. The van der Waals surface area contributed by atoms with Gasteiger partial charge in [-0.1, -0.05) is 13.0 Å². The quantitative estimate of drug-likeness (QED) is 0.862. The van der Waals surface area contributed by atoms with Crippen LogP contribution in [0.5, 0.6) is 17.2 Å². The molecule has 0 unspecified atom stereocenters. The molecule has 4 rings (SSSR count). The van der Waals surface area contributed by atoms with Crippen LogP contribution in [0.3, 0.4) is 0 Å². The van der Waals surface area contributed by atoms with E-state index in [0.29, 0.717) is 29.8 Å². The topological polar surface area (TPSA) is 65.3 Å². The van der Waals surface area contributed by atoms with E-state index < -0.39 is 0 Å². The molecule has 2 aliphatic rings. The molecule has 3 heterocycles. The lowest BCUT2D eigenvalue weighted by Crippen LogP contribution is -2.21. The Bertz CT molecular complexity index is 873. The Labute approximate surface area is 145 Å². The van der Waals surface area contributed by atoms with Crippen molar-refractivity contribution in [3.05, 3.63) is 59.9 Å². The van der Waals surface area contributed by atoms with Crippen molar-refractivity contribution in [2.75, 3.05) is 13.3 Å². The number of aromatic nitrogens is 1. The summed E-state index contributed by atoms with van der Waals surface area (Å²) in [5.41, 5.74) is 1.88. The van der Waals surface area contributed by atoms with Crippen molar-refractivity contribution in [1.82, 2.24) is 4.98 Å². The molecule has 2 aliphatic heterocycles. The maximum atomic E-state index is 6.05. The van der Waals surface area contributed by atoms with E-state index in [9.17, 15) is 0 Å². The van der Waals surface area contributed by atoms with Crippen LogP contribution < -0.4 is 14.2 Å². The molecule has 0 fully saturated rings. The van der Waals surface area contributed by atoms with Crippen LogP contribution in [0, 0.1) is 0 Å². The highest BCUT2D eigenvalue weighted by Gasteiger charge is 2.19. The fourth-order valence-electron chi connectivity index (χ4n) is 2.63. The third kappa shape index (κ3) is 3.24. The van der Waals surface area contributed by atoms with E-state index in [1.807, 2.05) is 30.3 Å². The van der Waals surface area contributed by atoms with Gasteiger partial charge in [0, 0.05) is 29.6 Å². The number of pyridine rings is 1. The summed E-state index contributed by atoms with van der Waals surface area (Å²) in [6.07, 6.45) is 6.42. The lowest BCUT2D eigenvalue weighted by atomic mass is 10.1. The largest absolute Gasteiger partial charge is 0.454 e. The van der Waals surface area contributed by atoms with Crippen molar-refractivity contribution in [1.29, 1.82) is 0 Å². The summed E-state index contributed by atoms with van der Waals surface area (Å²) in [7, 11) is 0. The van der Waals surface area contributed by atoms with Crippen LogP contribution in [0.15, 0.2) is 64.4 Å². The Hall–Kier alpha value is -3.15. The third-order valence-corrected chi connectivity index (χ3v) is 3.83. The van der Waals surface area contributed by atoms with Crippen molar-refractivity contribution in [3.8, 4) is 17.2 Å². The average Bonchev–Trinajstić information content (AvgIpc) is 3.12. The Morgan fingerprint density at radius 2 is 1.96 bits per heavy atom. The van der Waals surface area contributed by atoms with Crippen molar-refractivity contribution >= 4 is 11.7 Å². The predicted molar refractivity (Wildman–Crippen MR) is 94.6 cm³/mol. The Morgan fingerprint density at radius 3 is 2.80 bits per heavy atom. The molecule has 0 saturated heterocycles. The number of allylic oxidation sites excluding steroid dienone is 1. The van der Waals surface area contributed by atoms with Crippen LogP contribution in [0.1, 0.15) is 18.9 Å². The van der Waals surface area contributed by atoms with Gasteiger partial charge in [0.1, 0.15) is 5.75 Å². The minimum Gasteiger partial charge on any atom is -0.454 e. The highest BCUT2D eigenvalue weighted by molar-refractivity contribution is 6.12. The smallest absolute Gasteiger partial charge is 0.231 e. The number of hydrogen-bond donors (Lipinski definition) is 0. The first-order valence-electron chi connectivity index (χ1n) is 8.14. The first-order valence-corrected chi connectivity index (χ1v) is 8.14. The summed E-state index contributed by atoms with van der Waals surface area (Å²) in [5, 5.41) is 0. The molecule has 25 heavy (non-hydrogen) atoms. The van der Waals surface area contributed by atoms with Crippen molar-refractivity contribution in [2.45, 2.75) is 13.3 Å². The lowest BCUT2D eigenvalue weighted by Gasteiger charge is -2.16. The highest BCUT2D eigenvalue weighted by Crippen LogP contribution is 2.35. The molecule has 2 aromatic rings. The molecule has 6 nitrogen and oxygen atoms in total. The third-order valence-electron chi connectivity index (χ3n) is 3.83. The molecular weight excluding hydrogens is 318 g/mol. The number of nitrogens with zero attached hydrogens (tertiary/aromatic N) is 3. The SMILES string of the molecule is CC/C=C1\CN=C(c2ccncc2)N=C1Oc1ccc2c(c1)OCO2. The van der Waals surface area contributed by atoms with E-state index in [2.05, 4.69) is 28.0 Å². The molecule has 1 aromatic carbocycles. The Balaban J connectivity index is 1.65. The van der Waals surface area contributed by atoms with Gasteiger partial charge in [-0.15, -0.1) is 0 Å². The fourth-order valence-corrected chi connectivity index (χ4v) is 2.63. The molecule has 0 aliphatic carbocycles. The molecular formula is C19H17N3O3. The average molecular weight is 335 g/mol. The molecule has 0 atom stereocenters. The van der Waals surface area contributed by atoms with Crippen LogP contribution in [0.4, 0.5) is 0 Å². The van der Waals surface area contributed by atoms with Crippen LogP contribution in [-0.2, 0) is 0 Å². The Morgan fingerprint density at radius 1 is 1.12 bits per heavy atom. The van der Waals surface area contributed by atoms with E-state index in [4.69, 9.17) is 14.2 Å². The number of amidine groups is 1. The summed E-state index contributed by atoms with van der Waals surface area (Å²) in [4.78, 5) is 13.2. The lowest BCUT2D eigenvalue weighted by molar-refractivity contribution is 0.174. The van der Waals surface area contributed by atoms with E-state index in [1.165, 1.54) is 0 Å². The van der Waals surface area contributed by atoms with Gasteiger partial charge in [-0.2, -0.15) is 4.99 Å². The van der Waals surface area contributed by atoms with Gasteiger partial charge in [-0.25, -0.2) is 0 Å². The highest BCUT2D eigenvalue weighted by atomic mass is 16.7. The van der Waals surface area contributed by atoms with Gasteiger partial charge < -0.3 is 14.2 Å². The zero-order valence-corrected chi connectivity index (χ0v) is 13.8. The molecule has 0 spiro atoms. The van der Waals surface area contributed by atoms with Crippen LogP contribution in [0.2, 0.25) is 0 Å². The summed E-state index contributed by atoms with van der Waals surface area (Å²) < 4.78 is 16.8. The minimum atomic E-state index is 0.236. The fraction of sp³-hybridized carbons (Fsp3) is 0.211. The molecule has 0 bridgehead atoms. The first kappa shape index (κ1) is 15.4. The molecule has 1 aromatic heterocycles. The van der Waals surface area contributed by atoms with Gasteiger partial charge in [0.15, 0.2) is 17.3 Å². The number of hydrogen-bond acceptors (Lipinski definition) is 6. The maximum Gasteiger partial charge on any atom is 0.231 e. The monoisotopic (exact) mass is 335 g/mol. The van der Waals surface area contributed by atoms with Crippen molar-refractivity contribution in [2.24, 2.45) is 9.98 Å². The number of ether oxygens (including phenoxy) is 3. The molecule has 6 heteroatoms. The van der Waals surface area contributed by atoms with Crippen molar-refractivity contribution < 1.29 is 14.2 Å². The Kier molecular flexibility index (Phi) is 4.16. The standard InChI is InChI=1S/C19H17N3O3/c1-2-3-14-11-21-18(13-6-8-20-9-7-13)22-19(14)25-15-4-5-16-17(10-15)24-12-23-16/h3-10H,2,11-12H2,1H3/b14-3+. The van der Waals surface area contributed by atoms with Crippen LogP contribution in [0.25, 0.3) is 0 Å². The molecule has 126 valence electrons. The van der Waals surface area contributed by atoms with Gasteiger partial charge >= 0.3 is 0 Å². The number of rotatable bonds is 3. The second-order valence-corrected chi connectivity index (χ2v) is 5.55. The van der Waals surface area contributed by atoms with Gasteiger partial charge in [-0.3, -0.25) is 9.98 Å². The zero-order valence-electron chi connectivity index (χ0n) is 13.8. The molecule has 0 amide bonds. The summed E-state index contributed by atoms with van der Waals surface area (Å²) >= 11 is 0. The zero-order chi connectivity index (χ0) is 17.1. The van der Waals surface area contributed by atoms with Gasteiger partial charge in [0.25, 0.3) is 0 Å². The van der Waals surface area contributed by atoms with E-state index in [-0.39, 0.29) is 6.79 Å². The number of fused-ring (bicyclic) bond motifs is 1. The van der Waals surface area contributed by atoms with Gasteiger partial charge in [0.05, 0.1) is 6.54 Å². The second-order valence-electron chi connectivity index (χ2n) is 5.55.